The van der Waals surface area contributed by atoms with Gasteiger partial charge in [0.15, 0.2) is 0 Å². The quantitative estimate of drug-likeness (QED) is 0.438. The number of carbonyl (C=O) groups excluding carboxylic acids is 1. The second-order valence-corrected chi connectivity index (χ2v) is 6.99. The normalized spacial score (nSPS) is 27.1. The zero-order valence-electron chi connectivity index (χ0n) is 13.0. The number of rotatable bonds is 7. The van der Waals surface area contributed by atoms with Gasteiger partial charge in [-0.25, -0.2) is 0 Å². The van der Waals surface area contributed by atoms with Crippen molar-refractivity contribution in [2.24, 2.45) is 0 Å². The van der Waals surface area contributed by atoms with Gasteiger partial charge < -0.3 is 9.84 Å². The van der Waals surface area contributed by atoms with E-state index in [2.05, 4.69) is 20.4 Å². The molecule has 1 aliphatic heterocycles. The van der Waals surface area contributed by atoms with E-state index < -0.39 is 5.60 Å². The van der Waals surface area contributed by atoms with Crippen LogP contribution in [0.1, 0.15) is 53.9 Å². The van der Waals surface area contributed by atoms with Gasteiger partial charge in [-0.05, 0) is 25.1 Å². The smallest absolute Gasteiger partial charge is 0.303 e. The molecule has 1 rings (SSSR count). The summed E-state index contributed by atoms with van der Waals surface area (Å²) in [6.07, 6.45) is 1.67. The highest BCUT2D eigenvalue weighted by Crippen LogP contribution is 2.68. The molecule has 0 radical (unpaired) electrons. The van der Waals surface area contributed by atoms with E-state index in [-0.39, 0.29) is 23.2 Å². The van der Waals surface area contributed by atoms with Crippen LogP contribution in [0.5, 0.6) is 0 Å². The number of esters is 1. The highest BCUT2D eigenvalue weighted by Gasteiger charge is 2.64. The second kappa shape index (κ2) is 5.32. The lowest BCUT2D eigenvalue weighted by atomic mass is 9.88. The van der Waals surface area contributed by atoms with Gasteiger partial charge in [0.1, 0.15) is 7.28 Å². The SMILES string of the molecule is C=C(C)CC(O)(CC)CCOC(=O)C1(C)BC1(C)C. The summed E-state index contributed by atoms with van der Waals surface area (Å²) in [5.41, 5.74) is 0.150. The largest absolute Gasteiger partial charge is 0.466 e. The molecule has 1 aliphatic rings. The molecular weight excluding hydrogens is 239 g/mol. The van der Waals surface area contributed by atoms with Crippen molar-refractivity contribution in [1.82, 2.24) is 0 Å². The molecular formula is C15H27BO3. The lowest BCUT2D eigenvalue weighted by Gasteiger charge is -2.27. The van der Waals surface area contributed by atoms with E-state index in [0.29, 0.717) is 19.3 Å². The van der Waals surface area contributed by atoms with Crippen LogP contribution in [0.2, 0.25) is 10.6 Å². The Hall–Kier alpha value is -0.765. The molecule has 0 bridgehead atoms. The summed E-state index contributed by atoms with van der Waals surface area (Å²) in [6, 6.07) is 0. The molecule has 19 heavy (non-hydrogen) atoms. The highest BCUT2D eigenvalue weighted by molar-refractivity contribution is 6.66. The molecule has 2 atom stereocenters. The molecule has 0 saturated carbocycles. The molecule has 0 aromatic rings. The Morgan fingerprint density at radius 2 is 1.95 bits per heavy atom. The van der Waals surface area contributed by atoms with E-state index in [1.54, 1.807) is 0 Å². The number of hydrogen-bond donors (Lipinski definition) is 1. The molecule has 3 nitrogen and oxygen atoms in total. The summed E-state index contributed by atoms with van der Waals surface area (Å²) in [6.45, 7) is 14.1. The van der Waals surface area contributed by atoms with Gasteiger partial charge in [-0.1, -0.05) is 33.3 Å². The Balaban J connectivity index is 2.42. The molecule has 108 valence electrons. The number of carbonyl (C=O) groups is 1. The first-order valence-corrected chi connectivity index (χ1v) is 7.10. The van der Waals surface area contributed by atoms with E-state index in [4.69, 9.17) is 4.74 Å². The predicted molar refractivity (Wildman–Crippen MR) is 79.8 cm³/mol. The first-order chi connectivity index (χ1) is 8.56. The van der Waals surface area contributed by atoms with Crippen LogP contribution in [0.25, 0.3) is 0 Å². The van der Waals surface area contributed by atoms with Crippen LogP contribution in [-0.4, -0.2) is 30.6 Å². The third-order valence-electron chi connectivity index (χ3n) is 4.70. The number of aliphatic hydroxyl groups is 1. The van der Waals surface area contributed by atoms with Crippen LogP contribution in [0.3, 0.4) is 0 Å². The maximum absolute atomic E-state index is 12.0. The molecule has 4 heteroatoms. The third kappa shape index (κ3) is 3.62. The number of ether oxygens (including phenoxy) is 1. The van der Waals surface area contributed by atoms with Crippen LogP contribution >= 0.6 is 0 Å². The van der Waals surface area contributed by atoms with Crippen molar-refractivity contribution in [1.29, 1.82) is 0 Å². The van der Waals surface area contributed by atoms with Crippen molar-refractivity contribution in [3.05, 3.63) is 12.2 Å². The molecule has 0 amide bonds. The van der Waals surface area contributed by atoms with E-state index in [0.717, 1.165) is 12.9 Å². The molecule has 1 heterocycles. The Labute approximate surface area is 117 Å². The van der Waals surface area contributed by atoms with Crippen LogP contribution in [0.4, 0.5) is 0 Å². The first-order valence-electron chi connectivity index (χ1n) is 7.10. The zero-order chi connectivity index (χ0) is 14.9. The van der Waals surface area contributed by atoms with Crippen molar-refractivity contribution >= 4 is 13.2 Å². The average Bonchev–Trinajstić information content (AvgIpc) is 2.78. The lowest BCUT2D eigenvalue weighted by molar-refractivity contribution is -0.147. The van der Waals surface area contributed by atoms with Gasteiger partial charge in [0.05, 0.1) is 12.2 Å². The van der Waals surface area contributed by atoms with Gasteiger partial charge in [-0.3, -0.25) is 4.79 Å². The van der Waals surface area contributed by atoms with Gasteiger partial charge in [0, 0.05) is 11.7 Å². The minimum Gasteiger partial charge on any atom is -0.466 e. The molecule has 0 aromatic carbocycles. The molecule has 2 unspecified atom stereocenters. The number of hydrogen-bond acceptors (Lipinski definition) is 3. The first kappa shape index (κ1) is 16.3. The molecule has 1 saturated heterocycles. The zero-order valence-corrected chi connectivity index (χ0v) is 13.0. The average molecular weight is 266 g/mol. The Morgan fingerprint density at radius 3 is 2.32 bits per heavy atom. The van der Waals surface area contributed by atoms with Crippen molar-refractivity contribution in [2.75, 3.05) is 6.61 Å². The minimum atomic E-state index is -0.800. The van der Waals surface area contributed by atoms with Crippen LogP contribution in [0.15, 0.2) is 12.2 Å². The van der Waals surface area contributed by atoms with Crippen LogP contribution < -0.4 is 0 Å². The Morgan fingerprint density at radius 1 is 1.42 bits per heavy atom. The summed E-state index contributed by atoms with van der Waals surface area (Å²) >= 11 is 0. The lowest BCUT2D eigenvalue weighted by Crippen LogP contribution is -2.30. The van der Waals surface area contributed by atoms with Crippen molar-refractivity contribution in [3.63, 3.8) is 0 Å². The Bertz CT molecular complexity index is 378. The molecule has 0 aliphatic carbocycles. The van der Waals surface area contributed by atoms with Gasteiger partial charge in [-0.15, -0.1) is 6.58 Å². The highest BCUT2D eigenvalue weighted by atomic mass is 16.5. The van der Waals surface area contributed by atoms with Gasteiger partial charge in [0.25, 0.3) is 0 Å². The van der Waals surface area contributed by atoms with Gasteiger partial charge in [0.2, 0.25) is 0 Å². The molecule has 1 N–H and O–H groups in total. The summed E-state index contributed by atoms with van der Waals surface area (Å²) in [4.78, 5) is 12.0. The third-order valence-corrected chi connectivity index (χ3v) is 4.70. The van der Waals surface area contributed by atoms with Crippen molar-refractivity contribution in [3.8, 4) is 0 Å². The van der Waals surface area contributed by atoms with Crippen LogP contribution in [0, 0.1) is 0 Å². The minimum absolute atomic E-state index is 0.0445. The fraction of sp³-hybridized carbons (Fsp3) is 0.800. The molecule has 0 spiro atoms. The summed E-state index contributed by atoms with van der Waals surface area (Å²) < 4.78 is 5.36. The van der Waals surface area contributed by atoms with E-state index in [9.17, 15) is 9.90 Å². The predicted octanol–water partition coefficient (Wildman–Crippen LogP) is 2.85. The summed E-state index contributed by atoms with van der Waals surface area (Å²) in [5.74, 6) is -0.133. The fourth-order valence-corrected chi connectivity index (χ4v) is 2.63. The molecule has 0 aromatic heterocycles. The maximum atomic E-state index is 12.0. The topological polar surface area (TPSA) is 46.5 Å². The monoisotopic (exact) mass is 266 g/mol. The van der Waals surface area contributed by atoms with Gasteiger partial charge >= 0.3 is 5.97 Å². The van der Waals surface area contributed by atoms with E-state index >= 15 is 0 Å². The van der Waals surface area contributed by atoms with Crippen LogP contribution in [-0.2, 0) is 9.53 Å². The Kier molecular flexibility index (Phi) is 4.56. The standard InChI is InChI=1S/C15H27BO3/c1-7-15(18,10-11(2)3)8-9-19-12(17)14(6)13(4,5)16-14/h16,18H,2,7-10H2,1,3-6H3. The van der Waals surface area contributed by atoms with Crippen molar-refractivity contribution in [2.45, 2.75) is 70.1 Å². The summed E-state index contributed by atoms with van der Waals surface area (Å²) in [5, 5.41) is 10.1. The summed E-state index contributed by atoms with van der Waals surface area (Å²) in [7, 11) is 0.878. The van der Waals surface area contributed by atoms with Crippen molar-refractivity contribution < 1.29 is 14.6 Å². The van der Waals surface area contributed by atoms with E-state index in [1.165, 1.54) is 0 Å². The second-order valence-electron chi connectivity index (χ2n) is 6.99. The van der Waals surface area contributed by atoms with Gasteiger partial charge in [-0.2, -0.15) is 0 Å². The fourth-order valence-electron chi connectivity index (χ4n) is 2.63. The van der Waals surface area contributed by atoms with E-state index in [1.807, 2.05) is 20.8 Å². The molecule has 1 fully saturated rings. The maximum Gasteiger partial charge on any atom is 0.303 e.